The Kier molecular flexibility index (Phi) is 4.85. The van der Waals surface area contributed by atoms with Crippen LogP contribution in [0.1, 0.15) is 12.1 Å². The van der Waals surface area contributed by atoms with Gasteiger partial charge in [-0.1, -0.05) is 17.4 Å². The van der Waals surface area contributed by atoms with Crippen LogP contribution in [0, 0.1) is 6.92 Å². The molecule has 18 heavy (non-hydrogen) atoms. The Morgan fingerprint density at radius 3 is 2.78 bits per heavy atom. The minimum absolute atomic E-state index is 0.137. The van der Waals surface area contributed by atoms with E-state index in [0.29, 0.717) is 5.69 Å². The van der Waals surface area contributed by atoms with Crippen molar-refractivity contribution in [3.63, 3.8) is 0 Å². The molecule has 1 heterocycles. The van der Waals surface area contributed by atoms with E-state index < -0.39 is 17.9 Å². The van der Waals surface area contributed by atoms with Crippen molar-refractivity contribution in [3.05, 3.63) is 33.4 Å². The van der Waals surface area contributed by atoms with E-state index in [4.69, 9.17) is 5.11 Å². The van der Waals surface area contributed by atoms with Gasteiger partial charge in [-0.05, 0) is 13.3 Å². The van der Waals surface area contributed by atoms with Crippen LogP contribution in [0.15, 0.2) is 22.8 Å². The SMILES string of the molecule is C=CCC(NC(=O)Cn1c(C)csc1=O)C(=O)O. The summed E-state index contributed by atoms with van der Waals surface area (Å²) >= 11 is 1.00. The first-order chi connectivity index (χ1) is 8.45. The summed E-state index contributed by atoms with van der Waals surface area (Å²) in [5.74, 6) is -1.63. The quantitative estimate of drug-likeness (QED) is 0.731. The molecule has 0 aliphatic rings. The molecular weight excluding hydrogens is 256 g/mol. The van der Waals surface area contributed by atoms with Crippen molar-refractivity contribution in [2.75, 3.05) is 0 Å². The smallest absolute Gasteiger partial charge is 0.326 e. The highest BCUT2D eigenvalue weighted by atomic mass is 32.1. The molecular formula is C11H14N2O4S. The zero-order valence-electron chi connectivity index (χ0n) is 9.88. The third-order valence-electron chi connectivity index (χ3n) is 2.31. The largest absolute Gasteiger partial charge is 0.480 e. The second-order valence-corrected chi connectivity index (χ2v) is 4.53. The zero-order chi connectivity index (χ0) is 13.7. The lowest BCUT2D eigenvalue weighted by atomic mass is 10.2. The first-order valence-electron chi connectivity index (χ1n) is 5.23. The first kappa shape index (κ1) is 14.2. The fraction of sp³-hybridized carbons (Fsp3) is 0.364. The number of nitrogens with zero attached hydrogens (tertiary/aromatic N) is 1. The molecule has 6 nitrogen and oxygen atoms in total. The molecule has 1 aromatic heterocycles. The minimum atomic E-state index is -1.13. The third-order valence-corrected chi connectivity index (χ3v) is 3.19. The Balaban J connectivity index is 2.69. The number of nitrogens with one attached hydrogen (secondary N) is 1. The summed E-state index contributed by atoms with van der Waals surface area (Å²) in [4.78, 5) is 33.6. The number of amides is 1. The van der Waals surface area contributed by atoms with Crippen LogP contribution < -0.4 is 10.2 Å². The molecule has 0 aromatic carbocycles. The molecule has 7 heteroatoms. The first-order valence-corrected chi connectivity index (χ1v) is 6.11. The van der Waals surface area contributed by atoms with Crippen LogP contribution in [0.5, 0.6) is 0 Å². The summed E-state index contributed by atoms with van der Waals surface area (Å²) in [6, 6.07) is -1.01. The van der Waals surface area contributed by atoms with Crippen LogP contribution in [0.25, 0.3) is 0 Å². The van der Waals surface area contributed by atoms with Crippen LogP contribution in [-0.4, -0.2) is 27.6 Å². The molecule has 1 unspecified atom stereocenters. The van der Waals surface area contributed by atoms with E-state index in [2.05, 4.69) is 11.9 Å². The van der Waals surface area contributed by atoms with Crippen molar-refractivity contribution in [1.29, 1.82) is 0 Å². The lowest BCUT2D eigenvalue weighted by Gasteiger charge is -2.13. The van der Waals surface area contributed by atoms with Crippen molar-refractivity contribution < 1.29 is 14.7 Å². The summed E-state index contributed by atoms with van der Waals surface area (Å²) in [5, 5.41) is 12.9. The lowest BCUT2D eigenvalue weighted by Crippen LogP contribution is -2.42. The average Bonchev–Trinajstić information content (AvgIpc) is 2.60. The fourth-order valence-corrected chi connectivity index (χ4v) is 2.10. The molecule has 0 aliphatic heterocycles. The summed E-state index contributed by atoms with van der Waals surface area (Å²) in [6.45, 7) is 4.97. The number of hydrogen-bond donors (Lipinski definition) is 2. The topological polar surface area (TPSA) is 88.4 Å². The molecule has 1 atom stereocenters. The van der Waals surface area contributed by atoms with Crippen LogP contribution in [0.2, 0.25) is 0 Å². The molecule has 0 spiro atoms. The molecule has 1 aromatic rings. The van der Waals surface area contributed by atoms with Crippen molar-refractivity contribution in [2.24, 2.45) is 0 Å². The Morgan fingerprint density at radius 2 is 2.33 bits per heavy atom. The average molecular weight is 270 g/mol. The molecule has 0 saturated heterocycles. The maximum atomic E-state index is 11.6. The standard InChI is InChI=1S/C11H14N2O4S/c1-3-4-8(10(15)16)12-9(14)5-13-7(2)6-18-11(13)17/h3,6,8H,1,4-5H2,2H3,(H,12,14)(H,15,16). The molecule has 2 N–H and O–H groups in total. The van der Waals surface area contributed by atoms with Crippen LogP contribution >= 0.6 is 11.3 Å². The van der Waals surface area contributed by atoms with E-state index in [1.165, 1.54) is 10.6 Å². The number of hydrogen-bond acceptors (Lipinski definition) is 4. The Morgan fingerprint density at radius 1 is 1.67 bits per heavy atom. The number of rotatable bonds is 6. The van der Waals surface area contributed by atoms with Gasteiger partial charge in [0.05, 0.1) is 0 Å². The van der Waals surface area contributed by atoms with E-state index in [9.17, 15) is 14.4 Å². The van der Waals surface area contributed by atoms with E-state index in [0.717, 1.165) is 11.3 Å². The third kappa shape index (κ3) is 3.56. The monoisotopic (exact) mass is 270 g/mol. The Bertz CT molecular complexity index is 517. The summed E-state index contributed by atoms with van der Waals surface area (Å²) in [5.41, 5.74) is 0.677. The van der Waals surface area contributed by atoms with E-state index in [1.54, 1.807) is 12.3 Å². The molecule has 1 amide bonds. The van der Waals surface area contributed by atoms with Crippen LogP contribution in [0.4, 0.5) is 0 Å². The van der Waals surface area contributed by atoms with Gasteiger partial charge >= 0.3 is 10.8 Å². The van der Waals surface area contributed by atoms with Gasteiger partial charge in [0, 0.05) is 11.1 Å². The number of carbonyl (C=O) groups is 2. The number of aryl methyl sites for hydroxylation is 1. The fourth-order valence-electron chi connectivity index (χ4n) is 1.37. The normalized spacial score (nSPS) is 11.8. The Hall–Kier alpha value is -1.89. The van der Waals surface area contributed by atoms with E-state index >= 15 is 0 Å². The van der Waals surface area contributed by atoms with Crippen LogP contribution in [-0.2, 0) is 16.1 Å². The lowest BCUT2D eigenvalue weighted by molar-refractivity contribution is -0.141. The predicted molar refractivity (Wildman–Crippen MR) is 67.7 cm³/mol. The highest BCUT2D eigenvalue weighted by Gasteiger charge is 2.19. The number of thiazole rings is 1. The van der Waals surface area contributed by atoms with Gasteiger partial charge in [0.15, 0.2) is 0 Å². The van der Waals surface area contributed by atoms with Crippen molar-refractivity contribution >= 4 is 23.2 Å². The second-order valence-electron chi connectivity index (χ2n) is 3.71. The molecule has 1 rings (SSSR count). The number of carbonyl (C=O) groups excluding carboxylic acids is 1. The van der Waals surface area contributed by atoms with Gasteiger partial charge in [-0.3, -0.25) is 14.2 Å². The maximum absolute atomic E-state index is 11.6. The molecule has 0 saturated carbocycles. The molecule has 98 valence electrons. The van der Waals surface area contributed by atoms with Crippen LogP contribution in [0.3, 0.4) is 0 Å². The summed E-state index contributed by atoms with van der Waals surface area (Å²) < 4.78 is 1.30. The highest BCUT2D eigenvalue weighted by molar-refractivity contribution is 7.07. The number of aliphatic carboxylic acids is 1. The molecule has 0 fully saturated rings. The summed E-state index contributed by atoms with van der Waals surface area (Å²) in [7, 11) is 0. The van der Waals surface area contributed by atoms with E-state index in [-0.39, 0.29) is 17.8 Å². The number of aromatic nitrogens is 1. The molecule has 0 radical (unpaired) electrons. The van der Waals surface area contributed by atoms with E-state index in [1.807, 2.05) is 0 Å². The number of carboxylic acid groups (broad SMARTS) is 1. The minimum Gasteiger partial charge on any atom is -0.480 e. The van der Waals surface area contributed by atoms with Gasteiger partial charge in [-0.15, -0.1) is 6.58 Å². The number of carboxylic acids is 1. The highest BCUT2D eigenvalue weighted by Crippen LogP contribution is 2.00. The van der Waals surface area contributed by atoms with Crippen molar-refractivity contribution in [1.82, 2.24) is 9.88 Å². The zero-order valence-corrected chi connectivity index (χ0v) is 10.7. The Labute approximate surface area is 108 Å². The van der Waals surface area contributed by atoms with Gasteiger partial charge in [0.2, 0.25) is 5.91 Å². The van der Waals surface area contributed by atoms with Gasteiger partial charge in [0.25, 0.3) is 0 Å². The van der Waals surface area contributed by atoms with Gasteiger partial charge in [-0.25, -0.2) is 4.79 Å². The van der Waals surface area contributed by atoms with Crippen molar-refractivity contribution in [2.45, 2.75) is 25.9 Å². The molecule has 0 aliphatic carbocycles. The van der Waals surface area contributed by atoms with Gasteiger partial charge in [-0.2, -0.15) is 0 Å². The van der Waals surface area contributed by atoms with Gasteiger partial charge < -0.3 is 10.4 Å². The maximum Gasteiger partial charge on any atom is 0.326 e. The van der Waals surface area contributed by atoms with Gasteiger partial charge in [0.1, 0.15) is 12.6 Å². The second kappa shape index (κ2) is 6.15. The molecule has 0 bridgehead atoms. The van der Waals surface area contributed by atoms with Crippen molar-refractivity contribution in [3.8, 4) is 0 Å². The predicted octanol–water partition coefficient (Wildman–Crippen LogP) is 0.364. The summed E-state index contributed by atoms with van der Waals surface area (Å²) in [6.07, 6.45) is 1.56.